The van der Waals surface area contributed by atoms with E-state index in [9.17, 15) is 9.18 Å². The third-order valence-electron chi connectivity index (χ3n) is 4.69. The molecule has 1 atom stereocenters. The summed E-state index contributed by atoms with van der Waals surface area (Å²) in [4.78, 5) is 19.0. The Hall–Kier alpha value is -3.00. The van der Waals surface area contributed by atoms with E-state index in [-0.39, 0.29) is 23.8 Å². The number of benzene rings is 2. The third-order valence-corrected chi connectivity index (χ3v) is 5.73. The number of nitrogens with zero attached hydrogens (tertiary/aromatic N) is 4. The monoisotopic (exact) mass is 424 g/mol. The van der Waals surface area contributed by atoms with E-state index < -0.39 is 12.0 Å². The molecule has 0 spiro atoms. The van der Waals surface area contributed by atoms with Crippen LogP contribution >= 0.6 is 11.8 Å². The van der Waals surface area contributed by atoms with Crippen molar-refractivity contribution in [1.82, 2.24) is 15.2 Å². The predicted molar refractivity (Wildman–Crippen MR) is 114 cm³/mol. The Bertz CT molecular complexity index is 1080. The van der Waals surface area contributed by atoms with Crippen molar-refractivity contribution in [2.45, 2.75) is 38.1 Å². The molecule has 0 fully saturated rings. The Labute approximate surface area is 178 Å². The second kappa shape index (κ2) is 8.79. The van der Waals surface area contributed by atoms with Gasteiger partial charge in [-0.1, -0.05) is 62.0 Å². The molecular weight excluding hydrogens is 403 g/mol. The van der Waals surface area contributed by atoms with Crippen molar-refractivity contribution in [3.05, 3.63) is 59.9 Å². The molecule has 154 valence electrons. The van der Waals surface area contributed by atoms with Crippen molar-refractivity contribution < 1.29 is 13.9 Å². The SMILES string of the molecule is CCCSc1nnc2c(n1)O[C@@H](c1ccccc1F)N(C(=O)CC)c1ccccc1-2. The molecule has 6 nitrogen and oxygen atoms in total. The number of thioether (sulfide) groups is 1. The molecule has 3 aromatic rings. The topological polar surface area (TPSA) is 68.2 Å². The highest BCUT2D eigenvalue weighted by atomic mass is 32.2. The molecule has 0 saturated heterocycles. The van der Waals surface area contributed by atoms with Gasteiger partial charge in [0, 0.05) is 23.3 Å². The van der Waals surface area contributed by atoms with Gasteiger partial charge in [-0.3, -0.25) is 9.69 Å². The first kappa shape index (κ1) is 20.3. The number of halogens is 1. The molecule has 8 heteroatoms. The number of amides is 1. The number of aromatic nitrogens is 3. The highest BCUT2D eigenvalue weighted by Crippen LogP contribution is 2.43. The summed E-state index contributed by atoms with van der Waals surface area (Å²) in [5.41, 5.74) is 1.93. The van der Waals surface area contributed by atoms with Crippen LogP contribution in [0.4, 0.5) is 10.1 Å². The lowest BCUT2D eigenvalue weighted by molar-refractivity contribution is -0.120. The number of anilines is 1. The molecule has 0 saturated carbocycles. The fraction of sp³-hybridized carbons (Fsp3) is 0.273. The van der Waals surface area contributed by atoms with Gasteiger partial charge >= 0.3 is 0 Å². The van der Waals surface area contributed by atoms with Gasteiger partial charge in [0.25, 0.3) is 0 Å². The first-order chi connectivity index (χ1) is 14.6. The average molecular weight is 425 g/mol. The summed E-state index contributed by atoms with van der Waals surface area (Å²) in [6.45, 7) is 3.83. The molecule has 2 aromatic carbocycles. The van der Waals surface area contributed by atoms with Gasteiger partial charge in [0.15, 0.2) is 5.69 Å². The summed E-state index contributed by atoms with van der Waals surface area (Å²) >= 11 is 1.47. The summed E-state index contributed by atoms with van der Waals surface area (Å²) in [5.74, 6) is 0.418. The van der Waals surface area contributed by atoms with E-state index in [4.69, 9.17) is 4.74 Å². The van der Waals surface area contributed by atoms with Crippen molar-refractivity contribution in [1.29, 1.82) is 0 Å². The smallest absolute Gasteiger partial charge is 0.247 e. The Morgan fingerprint density at radius 3 is 2.67 bits per heavy atom. The number of fused-ring (bicyclic) bond motifs is 3. The Kier molecular flexibility index (Phi) is 5.94. The van der Waals surface area contributed by atoms with E-state index in [1.807, 2.05) is 18.2 Å². The van der Waals surface area contributed by atoms with Gasteiger partial charge in [-0.15, -0.1) is 10.2 Å². The third kappa shape index (κ3) is 3.75. The fourth-order valence-electron chi connectivity index (χ4n) is 3.29. The predicted octanol–water partition coefficient (Wildman–Crippen LogP) is 5.01. The zero-order valence-electron chi connectivity index (χ0n) is 16.7. The van der Waals surface area contributed by atoms with Crippen molar-refractivity contribution in [2.75, 3.05) is 10.7 Å². The zero-order chi connectivity index (χ0) is 21.1. The lowest BCUT2D eigenvalue weighted by Gasteiger charge is -2.30. The summed E-state index contributed by atoms with van der Waals surface area (Å²) in [6, 6.07) is 13.6. The van der Waals surface area contributed by atoms with Crippen LogP contribution in [0.15, 0.2) is 53.7 Å². The minimum absolute atomic E-state index is 0.197. The van der Waals surface area contributed by atoms with Crippen LogP contribution in [0.3, 0.4) is 0 Å². The van der Waals surface area contributed by atoms with Gasteiger partial charge in [0.1, 0.15) is 5.82 Å². The van der Waals surface area contributed by atoms with Gasteiger partial charge in [-0.2, -0.15) is 4.98 Å². The molecule has 0 bridgehead atoms. The summed E-state index contributed by atoms with van der Waals surface area (Å²) < 4.78 is 21.0. The highest BCUT2D eigenvalue weighted by Gasteiger charge is 2.36. The quantitative estimate of drug-likeness (QED) is 0.536. The number of hydrogen-bond acceptors (Lipinski definition) is 6. The molecule has 1 aromatic heterocycles. The second-order valence-corrected chi connectivity index (χ2v) is 7.78. The summed E-state index contributed by atoms with van der Waals surface area (Å²) in [5, 5.41) is 9.06. The maximum Gasteiger partial charge on any atom is 0.247 e. The van der Waals surface area contributed by atoms with Gasteiger partial charge in [0.2, 0.25) is 23.2 Å². The van der Waals surface area contributed by atoms with Crippen LogP contribution in [0.25, 0.3) is 11.3 Å². The van der Waals surface area contributed by atoms with Gasteiger partial charge in [0.05, 0.1) is 5.69 Å². The van der Waals surface area contributed by atoms with Gasteiger partial charge in [-0.25, -0.2) is 4.39 Å². The van der Waals surface area contributed by atoms with E-state index in [2.05, 4.69) is 22.1 Å². The fourth-order valence-corrected chi connectivity index (χ4v) is 3.92. The van der Waals surface area contributed by atoms with Crippen LogP contribution in [0, 0.1) is 5.82 Å². The van der Waals surface area contributed by atoms with Crippen molar-refractivity contribution in [3.63, 3.8) is 0 Å². The molecule has 0 aliphatic carbocycles. The number of carbonyl (C=O) groups excluding carboxylic acids is 1. The van der Waals surface area contributed by atoms with E-state index in [1.165, 1.54) is 22.7 Å². The summed E-state index contributed by atoms with van der Waals surface area (Å²) in [6.07, 6.45) is 0.183. The zero-order valence-corrected chi connectivity index (χ0v) is 17.5. The molecule has 1 amide bonds. The first-order valence-electron chi connectivity index (χ1n) is 9.84. The molecular formula is C22H21FN4O2S. The van der Waals surface area contributed by atoms with Crippen molar-refractivity contribution in [3.8, 4) is 17.1 Å². The molecule has 4 rings (SSSR count). The van der Waals surface area contributed by atoms with Crippen molar-refractivity contribution in [2.24, 2.45) is 0 Å². The average Bonchev–Trinajstić information content (AvgIpc) is 2.91. The van der Waals surface area contributed by atoms with Crippen LogP contribution in [-0.4, -0.2) is 26.8 Å². The molecule has 0 radical (unpaired) electrons. The van der Waals surface area contributed by atoms with Crippen LogP contribution in [0.5, 0.6) is 5.88 Å². The number of carbonyl (C=O) groups is 1. The van der Waals surface area contributed by atoms with Crippen LogP contribution in [0.1, 0.15) is 38.5 Å². The molecule has 30 heavy (non-hydrogen) atoms. The molecule has 1 aliphatic rings. The largest absolute Gasteiger partial charge is 0.447 e. The number of rotatable bonds is 5. The molecule has 2 heterocycles. The van der Waals surface area contributed by atoms with E-state index in [1.54, 1.807) is 31.2 Å². The number of ether oxygens (including phenoxy) is 1. The van der Waals surface area contributed by atoms with Crippen LogP contribution in [-0.2, 0) is 4.79 Å². The van der Waals surface area contributed by atoms with E-state index in [0.717, 1.165) is 12.2 Å². The molecule has 1 aliphatic heterocycles. The number of para-hydroxylation sites is 1. The minimum Gasteiger partial charge on any atom is -0.447 e. The van der Waals surface area contributed by atoms with E-state index in [0.29, 0.717) is 22.1 Å². The highest BCUT2D eigenvalue weighted by molar-refractivity contribution is 7.99. The Balaban J connectivity index is 1.93. The first-order valence-corrected chi connectivity index (χ1v) is 10.8. The summed E-state index contributed by atoms with van der Waals surface area (Å²) in [7, 11) is 0. The normalized spacial score (nSPS) is 15.0. The van der Waals surface area contributed by atoms with Gasteiger partial charge < -0.3 is 4.74 Å². The lowest BCUT2D eigenvalue weighted by atomic mass is 10.1. The minimum atomic E-state index is -1.01. The Morgan fingerprint density at radius 2 is 1.90 bits per heavy atom. The maximum absolute atomic E-state index is 14.8. The van der Waals surface area contributed by atoms with Gasteiger partial charge in [-0.05, 0) is 18.6 Å². The van der Waals surface area contributed by atoms with Crippen molar-refractivity contribution >= 4 is 23.4 Å². The second-order valence-electron chi connectivity index (χ2n) is 6.72. The van der Waals surface area contributed by atoms with Crippen LogP contribution < -0.4 is 9.64 Å². The number of hydrogen-bond donors (Lipinski definition) is 0. The lowest BCUT2D eigenvalue weighted by Crippen LogP contribution is -2.37. The molecule has 0 unspecified atom stereocenters. The van der Waals surface area contributed by atoms with E-state index >= 15 is 0 Å². The maximum atomic E-state index is 14.8. The standard InChI is InChI=1S/C22H21FN4O2S/c1-3-13-30-22-24-20-19(25-26-22)15-10-6-8-12-17(15)27(18(28)4-2)21(29-20)14-9-5-7-11-16(14)23/h5-12,21H,3-4,13H2,1-2H3/t21-/m0/s1. The van der Waals surface area contributed by atoms with Crippen LogP contribution in [0.2, 0.25) is 0 Å². The Morgan fingerprint density at radius 1 is 1.13 bits per heavy atom. The molecule has 0 N–H and O–H groups in total.